The van der Waals surface area contributed by atoms with Crippen LogP contribution in [0.5, 0.6) is 0 Å². The van der Waals surface area contributed by atoms with Crippen LogP contribution in [0, 0.1) is 0 Å². The topological polar surface area (TPSA) is 26.0 Å². The smallest absolute Gasteiger partial charge is 0.0183 e. The van der Waals surface area contributed by atoms with Gasteiger partial charge in [0.1, 0.15) is 0 Å². The van der Waals surface area contributed by atoms with Crippen LogP contribution in [0.4, 0.5) is 0 Å². The van der Waals surface area contributed by atoms with Gasteiger partial charge in [-0.2, -0.15) is 0 Å². The fourth-order valence-corrected chi connectivity index (χ4v) is 2.55. The molecule has 0 saturated heterocycles. The Morgan fingerprint density at radius 2 is 1.29 bits per heavy atom. The summed E-state index contributed by atoms with van der Waals surface area (Å²) in [7, 11) is 0. The maximum Gasteiger partial charge on any atom is 0.0183 e. The molecule has 0 aliphatic heterocycles. The van der Waals surface area contributed by atoms with Crippen LogP contribution in [0.25, 0.3) is 0 Å². The van der Waals surface area contributed by atoms with Crippen molar-refractivity contribution < 1.29 is 0 Å². The molecular formula is C16H27N. The molecule has 0 aliphatic carbocycles. The van der Waals surface area contributed by atoms with Crippen molar-refractivity contribution in [2.45, 2.75) is 65.8 Å². The summed E-state index contributed by atoms with van der Waals surface area (Å²) in [4.78, 5) is 0. The third kappa shape index (κ3) is 3.85. The molecule has 0 radical (unpaired) electrons. The molecule has 1 nitrogen and oxygen atoms in total. The van der Waals surface area contributed by atoms with Gasteiger partial charge in [0.2, 0.25) is 0 Å². The zero-order valence-corrected chi connectivity index (χ0v) is 11.7. The second-order valence-corrected chi connectivity index (χ2v) is 4.85. The van der Waals surface area contributed by atoms with Crippen LogP contribution in [-0.2, 0) is 25.8 Å². The number of aryl methyl sites for hydroxylation is 3. The zero-order chi connectivity index (χ0) is 12.7. The first-order valence-electron chi connectivity index (χ1n) is 7.10. The second kappa shape index (κ2) is 7.50. The van der Waals surface area contributed by atoms with Crippen molar-refractivity contribution >= 4 is 0 Å². The number of benzene rings is 1. The highest BCUT2D eigenvalue weighted by atomic mass is 14.5. The van der Waals surface area contributed by atoms with E-state index >= 15 is 0 Å². The summed E-state index contributed by atoms with van der Waals surface area (Å²) >= 11 is 0. The molecule has 1 rings (SSSR count). The Bertz CT molecular complexity index is 314. The molecule has 0 atom stereocenters. The third-order valence-corrected chi connectivity index (χ3v) is 3.28. The molecule has 0 amide bonds. The Hall–Kier alpha value is -0.820. The first-order valence-corrected chi connectivity index (χ1v) is 7.10. The van der Waals surface area contributed by atoms with Crippen LogP contribution in [-0.4, -0.2) is 0 Å². The van der Waals surface area contributed by atoms with Crippen molar-refractivity contribution in [3.05, 3.63) is 34.4 Å². The van der Waals surface area contributed by atoms with Crippen LogP contribution in [0.15, 0.2) is 12.1 Å². The van der Waals surface area contributed by atoms with Gasteiger partial charge in [-0.1, -0.05) is 52.2 Å². The van der Waals surface area contributed by atoms with E-state index in [1.165, 1.54) is 60.8 Å². The van der Waals surface area contributed by atoms with E-state index < -0.39 is 0 Å². The van der Waals surface area contributed by atoms with E-state index in [-0.39, 0.29) is 0 Å². The Morgan fingerprint density at radius 3 is 1.65 bits per heavy atom. The number of nitrogens with two attached hydrogens (primary N) is 1. The second-order valence-electron chi connectivity index (χ2n) is 4.85. The van der Waals surface area contributed by atoms with Crippen LogP contribution in [0.3, 0.4) is 0 Å². The number of hydrogen-bond acceptors (Lipinski definition) is 1. The van der Waals surface area contributed by atoms with E-state index in [0.717, 1.165) is 0 Å². The monoisotopic (exact) mass is 233 g/mol. The van der Waals surface area contributed by atoms with Gasteiger partial charge >= 0.3 is 0 Å². The van der Waals surface area contributed by atoms with Crippen molar-refractivity contribution in [1.82, 2.24) is 0 Å². The van der Waals surface area contributed by atoms with Gasteiger partial charge in [0.15, 0.2) is 0 Å². The Balaban J connectivity index is 3.14. The fourth-order valence-electron chi connectivity index (χ4n) is 2.55. The Morgan fingerprint density at radius 1 is 0.824 bits per heavy atom. The van der Waals surface area contributed by atoms with E-state index in [1.807, 2.05) is 0 Å². The molecular weight excluding hydrogens is 206 g/mol. The summed E-state index contributed by atoms with van der Waals surface area (Å²) in [5.41, 5.74) is 11.8. The van der Waals surface area contributed by atoms with Gasteiger partial charge in [0.25, 0.3) is 0 Å². The normalized spacial score (nSPS) is 10.8. The highest BCUT2D eigenvalue weighted by Gasteiger charge is 2.08. The molecule has 1 aromatic rings. The lowest BCUT2D eigenvalue weighted by Crippen LogP contribution is -2.07. The average Bonchev–Trinajstić information content (AvgIpc) is 2.30. The molecule has 0 aromatic heterocycles. The van der Waals surface area contributed by atoms with Crippen molar-refractivity contribution in [2.75, 3.05) is 0 Å². The van der Waals surface area contributed by atoms with E-state index in [0.29, 0.717) is 6.54 Å². The first-order chi connectivity index (χ1) is 8.26. The minimum atomic E-state index is 0.692. The van der Waals surface area contributed by atoms with Crippen LogP contribution in [0.2, 0.25) is 0 Å². The Kier molecular flexibility index (Phi) is 6.28. The zero-order valence-electron chi connectivity index (χ0n) is 11.7. The highest BCUT2D eigenvalue weighted by Crippen LogP contribution is 2.21. The standard InChI is InChI=1S/C16H27N/c1-4-7-13-10-14(8-5-2)16(12-17)15(11-13)9-6-3/h10-11H,4-9,12,17H2,1-3H3. The minimum Gasteiger partial charge on any atom is -0.326 e. The average molecular weight is 233 g/mol. The molecule has 0 spiro atoms. The summed E-state index contributed by atoms with van der Waals surface area (Å²) < 4.78 is 0. The third-order valence-electron chi connectivity index (χ3n) is 3.28. The quantitative estimate of drug-likeness (QED) is 0.757. The van der Waals surface area contributed by atoms with Gasteiger partial charge in [-0.3, -0.25) is 0 Å². The summed E-state index contributed by atoms with van der Waals surface area (Å²) in [6.07, 6.45) is 7.15. The summed E-state index contributed by atoms with van der Waals surface area (Å²) in [6.45, 7) is 7.42. The predicted octanol–water partition coefficient (Wildman–Crippen LogP) is 4.00. The number of rotatable bonds is 7. The van der Waals surface area contributed by atoms with Crippen LogP contribution >= 0.6 is 0 Å². The van der Waals surface area contributed by atoms with Crippen molar-refractivity contribution in [3.8, 4) is 0 Å². The van der Waals surface area contributed by atoms with E-state index in [2.05, 4.69) is 32.9 Å². The molecule has 1 heteroatoms. The molecule has 0 heterocycles. The lowest BCUT2D eigenvalue weighted by Gasteiger charge is -2.15. The molecule has 0 fully saturated rings. The van der Waals surface area contributed by atoms with E-state index in [4.69, 9.17) is 5.73 Å². The molecule has 0 bridgehead atoms. The van der Waals surface area contributed by atoms with E-state index in [9.17, 15) is 0 Å². The molecule has 96 valence electrons. The van der Waals surface area contributed by atoms with Crippen molar-refractivity contribution in [2.24, 2.45) is 5.73 Å². The maximum absolute atomic E-state index is 5.94. The SMILES string of the molecule is CCCc1cc(CCC)c(CN)c(CCC)c1. The van der Waals surface area contributed by atoms with Crippen molar-refractivity contribution in [3.63, 3.8) is 0 Å². The largest absolute Gasteiger partial charge is 0.326 e. The highest BCUT2D eigenvalue weighted by molar-refractivity contribution is 5.40. The first kappa shape index (κ1) is 14.2. The summed E-state index contributed by atoms with van der Waals surface area (Å²) in [5, 5.41) is 0. The molecule has 2 N–H and O–H groups in total. The van der Waals surface area contributed by atoms with Gasteiger partial charge in [-0.25, -0.2) is 0 Å². The van der Waals surface area contributed by atoms with Gasteiger partial charge in [-0.05, 0) is 41.5 Å². The molecule has 17 heavy (non-hydrogen) atoms. The van der Waals surface area contributed by atoms with Crippen LogP contribution < -0.4 is 5.73 Å². The maximum atomic E-state index is 5.94. The van der Waals surface area contributed by atoms with Gasteiger partial charge in [0, 0.05) is 6.54 Å². The molecule has 0 aliphatic rings. The Labute approximate surface area is 106 Å². The van der Waals surface area contributed by atoms with Gasteiger partial charge < -0.3 is 5.73 Å². The summed E-state index contributed by atoms with van der Waals surface area (Å²) in [6, 6.07) is 4.77. The van der Waals surface area contributed by atoms with Crippen molar-refractivity contribution in [1.29, 1.82) is 0 Å². The predicted molar refractivity (Wildman–Crippen MR) is 76.3 cm³/mol. The molecule has 0 unspecified atom stereocenters. The number of hydrogen-bond donors (Lipinski definition) is 1. The minimum absolute atomic E-state index is 0.692. The lowest BCUT2D eigenvalue weighted by atomic mass is 9.91. The van der Waals surface area contributed by atoms with Crippen LogP contribution in [0.1, 0.15) is 62.3 Å². The fraction of sp³-hybridized carbons (Fsp3) is 0.625. The van der Waals surface area contributed by atoms with Gasteiger partial charge in [0.05, 0.1) is 0 Å². The molecule has 0 saturated carbocycles. The summed E-state index contributed by atoms with van der Waals surface area (Å²) in [5.74, 6) is 0. The van der Waals surface area contributed by atoms with Gasteiger partial charge in [-0.15, -0.1) is 0 Å². The lowest BCUT2D eigenvalue weighted by molar-refractivity contribution is 0.837. The van der Waals surface area contributed by atoms with E-state index in [1.54, 1.807) is 0 Å². The molecule has 1 aromatic carbocycles.